The fourth-order valence-corrected chi connectivity index (χ4v) is 8.10. The minimum atomic E-state index is -0.696. The van der Waals surface area contributed by atoms with Crippen molar-refractivity contribution in [3.63, 3.8) is 0 Å². The Morgan fingerprint density at radius 3 is 2.15 bits per heavy atom. The Balaban J connectivity index is 1.26. The van der Waals surface area contributed by atoms with E-state index in [0.29, 0.717) is 48.3 Å². The smallest absolute Gasteiger partial charge is 0.271 e. The van der Waals surface area contributed by atoms with Crippen LogP contribution < -0.4 is 20.9 Å². The molecule has 0 aliphatic carbocycles. The maximum Gasteiger partial charge on any atom is 0.271 e. The second-order valence-electron chi connectivity index (χ2n) is 12.9. The Hall–Kier alpha value is -5.44. The lowest BCUT2D eigenvalue weighted by atomic mass is 10.0. The molecule has 53 heavy (non-hydrogen) atoms. The van der Waals surface area contributed by atoms with Gasteiger partial charge < -0.3 is 30.5 Å². The van der Waals surface area contributed by atoms with E-state index in [1.165, 1.54) is 27.6 Å². The fraction of sp³-hybridized carbons (Fsp3) is 0.282. The number of hydrogen-bond acceptors (Lipinski definition) is 10. The molecule has 2 aliphatic rings. The number of nitrogens with one attached hydrogen (secondary N) is 3. The van der Waals surface area contributed by atoms with Crippen LogP contribution >= 0.6 is 22.7 Å². The van der Waals surface area contributed by atoms with Crippen molar-refractivity contribution in [2.75, 3.05) is 44.3 Å². The molecule has 5 aromatic rings. The Morgan fingerprint density at radius 1 is 0.792 bits per heavy atom. The number of benzene rings is 3. The average molecular weight is 750 g/mol. The van der Waals surface area contributed by atoms with Crippen molar-refractivity contribution in [3.05, 3.63) is 134 Å². The van der Waals surface area contributed by atoms with Crippen LogP contribution in [-0.2, 0) is 16.0 Å². The van der Waals surface area contributed by atoms with Crippen molar-refractivity contribution in [2.45, 2.75) is 31.5 Å². The SMILES string of the molecule is C[C@@H]1NC(=O)CN(C(=O)c2ccccc2N2CCOCC2)C[C@@H](c2ccccc2)NC(=O)c2csc(n2)[C@@H](Cc2ccccc2)NC(=O)c2csc1n2. The Morgan fingerprint density at radius 2 is 1.42 bits per heavy atom. The van der Waals surface area contributed by atoms with Crippen LogP contribution in [0.4, 0.5) is 5.69 Å². The molecule has 1 fully saturated rings. The summed E-state index contributed by atoms with van der Waals surface area (Å²) in [7, 11) is 0. The first-order valence-corrected chi connectivity index (χ1v) is 19.2. The number of carbonyl (C=O) groups is 4. The maximum atomic E-state index is 14.6. The molecule has 4 heterocycles. The molecule has 7 rings (SSSR count). The van der Waals surface area contributed by atoms with E-state index in [4.69, 9.17) is 9.72 Å². The minimum Gasteiger partial charge on any atom is -0.378 e. The molecule has 2 aromatic heterocycles. The number of morpholine rings is 1. The van der Waals surface area contributed by atoms with E-state index in [2.05, 4.69) is 25.8 Å². The Kier molecular flexibility index (Phi) is 11.2. The number of ether oxygens (including phenoxy) is 1. The highest BCUT2D eigenvalue weighted by atomic mass is 32.1. The van der Waals surface area contributed by atoms with Gasteiger partial charge in [-0.25, -0.2) is 9.97 Å². The van der Waals surface area contributed by atoms with Crippen molar-refractivity contribution < 1.29 is 23.9 Å². The predicted molar refractivity (Wildman–Crippen MR) is 203 cm³/mol. The highest BCUT2D eigenvalue weighted by molar-refractivity contribution is 7.10. The predicted octanol–water partition coefficient (Wildman–Crippen LogP) is 4.95. The van der Waals surface area contributed by atoms with Crippen LogP contribution in [0.5, 0.6) is 0 Å². The highest BCUT2D eigenvalue weighted by Gasteiger charge is 2.30. The molecule has 12 nitrogen and oxygen atoms in total. The van der Waals surface area contributed by atoms with Gasteiger partial charge in [0.1, 0.15) is 21.4 Å². The highest BCUT2D eigenvalue weighted by Crippen LogP contribution is 2.27. The van der Waals surface area contributed by atoms with Gasteiger partial charge in [0.2, 0.25) is 5.91 Å². The molecular weight excluding hydrogens is 711 g/mol. The van der Waals surface area contributed by atoms with Gasteiger partial charge in [0.15, 0.2) is 0 Å². The van der Waals surface area contributed by atoms with Crippen molar-refractivity contribution >= 4 is 52.0 Å². The van der Waals surface area contributed by atoms with Gasteiger partial charge in [-0.2, -0.15) is 0 Å². The van der Waals surface area contributed by atoms with Crippen molar-refractivity contribution in [1.82, 2.24) is 30.8 Å². The molecular formula is C39H39N7O5S2. The van der Waals surface area contributed by atoms with Crippen LogP contribution in [0, 0.1) is 0 Å². The molecule has 2 aliphatic heterocycles. The lowest BCUT2D eigenvalue weighted by Gasteiger charge is -2.33. The largest absolute Gasteiger partial charge is 0.378 e. The van der Waals surface area contributed by atoms with Crippen LogP contribution in [0.2, 0.25) is 0 Å². The second-order valence-corrected chi connectivity index (χ2v) is 14.7. The fourth-order valence-electron chi connectivity index (χ4n) is 6.44. The summed E-state index contributed by atoms with van der Waals surface area (Å²) in [6.07, 6.45) is 0.445. The number of hydrogen-bond donors (Lipinski definition) is 3. The molecule has 4 amide bonds. The first-order chi connectivity index (χ1) is 25.8. The first-order valence-electron chi connectivity index (χ1n) is 17.4. The molecule has 1 saturated heterocycles. The quantitative estimate of drug-likeness (QED) is 0.229. The minimum absolute atomic E-state index is 0.00107. The standard InChI is InChI=1S/C39H39N7O5S2/c1-25-37-43-31(23-52-37)35(48)41-29(20-26-10-4-2-5-11-26)38-44-32(24-53-38)36(49)42-30(27-12-6-3-7-13-27)21-46(22-34(47)40-25)39(50)28-14-8-9-15-33(28)45-16-18-51-19-17-45/h2-15,23-25,29-30H,16-22H2,1H3,(H,40,47)(H,41,48)(H,42,49)/t25-,29+,30-/m0/s1. The summed E-state index contributed by atoms with van der Waals surface area (Å²) in [6, 6.07) is 24.7. The van der Waals surface area contributed by atoms with Gasteiger partial charge >= 0.3 is 0 Å². The lowest BCUT2D eigenvalue weighted by molar-refractivity contribution is -0.122. The number of amides is 4. The number of thiazole rings is 2. The van der Waals surface area contributed by atoms with Gasteiger partial charge in [-0.15, -0.1) is 22.7 Å². The summed E-state index contributed by atoms with van der Waals surface area (Å²) in [4.78, 5) is 68.8. The molecule has 272 valence electrons. The molecule has 14 heteroatoms. The Bertz CT molecular complexity index is 2070. The number of anilines is 1. The second kappa shape index (κ2) is 16.5. The average Bonchev–Trinajstić information content (AvgIpc) is 3.89. The summed E-state index contributed by atoms with van der Waals surface area (Å²) in [6.45, 7) is 3.83. The van der Waals surface area contributed by atoms with Crippen LogP contribution in [0.25, 0.3) is 0 Å². The van der Waals surface area contributed by atoms with Crippen molar-refractivity contribution in [2.24, 2.45) is 0 Å². The third-order valence-corrected chi connectivity index (χ3v) is 11.1. The summed E-state index contributed by atoms with van der Waals surface area (Å²) < 4.78 is 5.56. The third-order valence-electron chi connectivity index (χ3n) is 9.16. The zero-order valence-corrected chi connectivity index (χ0v) is 30.7. The maximum absolute atomic E-state index is 14.6. The summed E-state index contributed by atoms with van der Waals surface area (Å²) in [5.41, 5.74) is 3.32. The molecule has 3 atom stereocenters. The van der Waals surface area contributed by atoms with Crippen molar-refractivity contribution in [1.29, 1.82) is 0 Å². The normalized spacial score (nSPS) is 20.1. The van der Waals surface area contributed by atoms with E-state index in [1.807, 2.05) is 72.8 Å². The summed E-state index contributed by atoms with van der Waals surface area (Å²) >= 11 is 2.55. The van der Waals surface area contributed by atoms with E-state index in [1.54, 1.807) is 29.8 Å². The molecule has 3 aromatic carbocycles. The summed E-state index contributed by atoms with van der Waals surface area (Å²) in [5, 5.41) is 13.6. The lowest BCUT2D eigenvalue weighted by Crippen LogP contribution is -2.46. The number of nitrogens with zero attached hydrogens (tertiary/aromatic N) is 4. The van der Waals surface area contributed by atoms with Crippen LogP contribution in [0.15, 0.2) is 95.7 Å². The molecule has 4 bridgehead atoms. The van der Waals surface area contributed by atoms with E-state index in [0.717, 1.165) is 16.8 Å². The van der Waals surface area contributed by atoms with E-state index in [9.17, 15) is 19.2 Å². The molecule has 0 spiro atoms. The van der Waals surface area contributed by atoms with Crippen molar-refractivity contribution in [3.8, 4) is 0 Å². The van der Waals surface area contributed by atoms with Gasteiger partial charge in [-0.3, -0.25) is 19.2 Å². The molecule has 0 unspecified atom stereocenters. The third kappa shape index (κ3) is 8.62. The van der Waals surface area contributed by atoms with Crippen LogP contribution in [0.3, 0.4) is 0 Å². The van der Waals surface area contributed by atoms with E-state index < -0.39 is 35.8 Å². The monoisotopic (exact) mass is 749 g/mol. The van der Waals surface area contributed by atoms with Gasteiger partial charge in [0.25, 0.3) is 17.7 Å². The number of para-hydroxylation sites is 1. The number of rotatable bonds is 5. The topological polar surface area (TPSA) is 146 Å². The number of fused-ring (bicyclic) bond motifs is 4. The van der Waals surface area contributed by atoms with Gasteiger partial charge in [-0.05, 0) is 36.6 Å². The van der Waals surface area contributed by atoms with E-state index in [-0.39, 0.29) is 30.4 Å². The summed E-state index contributed by atoms with van der Waals surface area (Å²) in [5.74, 6) is -1.61. The van der Waals surface area contributed by atoms with Gasteiger partial charge in [0, 0.05) is 36.1 Å². The molecule has 0 saturated carbocycles. The molecule has 3 N–H and O–H groups in total. The Labute approximate surface area is 315 Å². The van der Waals surface area contributed by atoms with E-state index >= 15 is 0 Å². The first kappa shape index (κ1) is 35.9. The van der Waals surface area contributed by atoms with Gasteiger partial charge in [-0.1, -0.05) is 72.8 Å². The molecule has 0 radical (unpaired) electrons. The number of aromatic nitrogens is 2. The van der Waals surface area contributed by atoms with Gasteiger partial charge in [0.05, 0.1) is 43.4 Å². The zero-order valence-electron chi connectivity index (χ0n) is 29.1. The van der Waals surface area contributed by atoms with Crippen LogP contribution in [0.1, 0.15) is 77.5 Å². The number of carbonyl (C=O) groups excluding carboxylic acids is 4. The van der Waals surface area contributed by atoms with Crippen LogP contribution in [-0.4, -0.2) is 77.9 Å². The zero-order chi connectivity index (χ0) is 36.7.